The average Bonchev–Trinajstić information content (AvgIpc) is 3.08. The number of thiophene rings is 1. The number of nitrogens with one attached hydrogen (secondary N) is 2. The fourth-order valence-corrected chi connectivity index (χ4v) is 2.71. The zero-order chi connectivity index (χ0) is 17.4. The molecule has 0 aliphatic heterocycles. The van der Waals surface area contributed by atoms with E-state index in [0.29, 0.717) is 12.8 Å². The second-order valence-electron chi connectivity index (χ2n) is 5.16. The minimum atomic E-state index is -0.937. The second kappa shape index (κ2) is 9.02. The number of hydrogen-bond acceptors (Lipinski definition) is 4. The van der Waals surface area contributed by atoms with Gasteiger partial charge in [0, 0.05) is 11.3 Å². The van der Waals surface area contributed by atoms with Crippen LogP contribution in [0.25, 0.3) is 0 Å². The molecule has 5 nitrogen and oxygen atoms in total. The van der Waals surface area contributed by atoms with Gasteiger partial charge in [-0.3, -0.25) is 20.4 Å². The van der Waals surface area contributed by atoms with Crippen molar-refractivity contribution in [3.05, 3.63) is 52.5 Å². The van der Waals surface area contributed by atoms with Crippen LogP contribution in [-0.2, 0) is 16.0 Å². The van der Waals surface area contributed by atoms with E-state index in [9.17, 15) is 14.0 Å². The quantitative estimate of drug-likeness (QED) is 0.755. The Balaban J connectivity index is 1.68. The van der Waals surface area contributed by atoms with Gasteiger partial charge < -0.3 is 4.74 Å². The molecule has 1 heterocycles. The first-order valence-electron chi connectivity index (χ1n) is 7.58. The van der Waals surface area contributed by atoms with Gasteiger partial charge in [0.1, 0.15) is 0 Å². The Morgan fingerprint density at radius 3 is 2.71 bits per heavy atom. The first kappa shape index (κ1) is 17.9. The Hall–Kier alpha value is -2.41. The normalized spacial score (nSPS) is 11.6. The van der Waals surface area contributed by atoms with E-state index in [1.54, 1.807) is 17.4 Å². The molecule has 2 aromatic rings. The number of para-hydroxylation sites is 1. The molecule has 0 spiro atoms. The molecule has 2 amide bonds. The van der Waals surface area contributed by atoms with Crippen LogP contribution in [0.5, 0.6) is 5.75 Å². The molecule has 0 radical (unpaired) electrons. The van der Waals surface area contributed by atoms with E-state index in [-0.39, 0.29) is 11.7 Å². The number of carbonyl (C=O) groups excluding carboxylic acids is 2. The monoisotopic (exact) mass is 350 g/mol. The predicted molar refractivity (Wildman–Crippen MR) is 90.0 cm³/mol. The molecule has 24 heavy (non-hydrogen) atoms. The van der Waals surface area contributed by atoms with E-state index >= 15 is 0 Å². The Bertz CT molecular complexity index is 676. The average molecular weight is 350 g/mol. The Morgan fingerprint density at radius 1 is 1.21 bits per heavy atom. The Kier molecular flexibility index (Phi) is 6.74. The first-order valence-corrected chi connectivity index (χ1v) is 8.46. The highest BCUT2D eigenvalue weighted by molar-refractivity contribution is 7.09. The van der Waals surface area contributed by atoms with Gasteiger partial charge in [0.25, 0.3) is 5.91 Å². The van der Waals surface area contributed by atoms with E-state index in [1.165, 1.54) is 30.0 Å². The largest absolute Gasteiger partial charge is 0.478 e. The third-order valence-corrected chi connectivity index (χ3v) is 4.18. The van der Waals surface area contributed by atoms with Crippen molar-refractivity contribution in [3.8, 4) is 5.75 Å². The molecule has 0 saturated carbocycles. The van der Waals surface area contributed by atoms with Gasteiger partial charge in [-0.15, -0.1) is 11.3 Å². The van der Waals surface area contributed by atoms with Gasteiger partial charge in [0.15, 0.2) is 17.7 Å². The molecule has 0 unspecified atom stereocenters. The minimum absolute atomic E-state index is 0.0116. The molecule has 128 valence electrons. The summed E-state index contributed by atoms with van der Waals surface area (Å²) in [6, 6.07) is 9.81. The fraction of sp³-hybridized carbons (Fsp3) is 0.294. The molecule has 1 atom stereocenters. The smallest absolute Gasteiger partial charge is 0.279 e. The van der Waals surface area contributed by atoms with Crippen molar-refractivity contribution in [2.45, 2.75) is 32.3 Å². The van der Waals surface area contributed by atoms with Gasteiger partial charge >= 0.3 is 0 Å². The maximum absolute atomic E-state index is 13.5. The molecular weight excluding hydrogens is 331 g/mol. The lowest BCUT2D eigenvalue weighted by Gasteiger charge is -2.15. The molecule has 2 N–H and O–H groups in total. The number of hydrogen-bond donors (Lipinski definition) is 2. The van der Waals surface area contributed by atoms with Crippen molar-refractivity contribution >= 4 is 23.2 Å². The van der Waals surface area contributed by atoms with Crippen LogP contribution >= 0.6 is 11.3 Å². The maximum Gasteiger partial charge on any atom is 0.279 e. The van der Waals surface area contributed by atoms with Gasteiger partial charge in [0.05, 0.1) is 0 Å². The first-order chi connectivity index (χ1) is 11.6. The van der Waals surface area contributed by atoms with Crippen molar-refractivity contribution in [1.82, 2.24) is 10.9 Å². The van der Waals surface area contributed by atoms with Crippen LogP contribution in [-0.4, -0.2) is 17.9 Å². The molecule has 1 aromatic carbocycles. The molecule has 0 saturated heterocycles. The fourth-order valence-electron chi connectivity index (χ4n) is 1.96. The third-order valence-electron chi connectivity index (χ3n) is 3.24. The Morgan fingerprint density at radius 2 is 2.00 bits per heavy atom. The topological polar surface area (TPSA) is 67.4 Å². The number of amides is 2. The van der Waals surface area contributed by atoms with E-state index in [0.717, 1.165) is 6.42 Å². The van der Waals surface area contributed by atoms with E-state index in [1.807, 2.05) is 17.5 Å². The van der Waals surface area contributed by atoms with E-state index in [2.05, 4.69) is 10.9 Å². The molecule has 0 bridgehead atoms. The summed E-state index contributed by atoms with van der Waals surface area (Å²) in [5, 5.41) is 1.99. The molecule has 0 aliphatic rings. The van der Waals surface area contributed by atoms with Crippen LogP contribution in [0, 0.1) is 5.82 Å². The summed E-state index contributed by atoms with van der Waals surface area (Å²) < 4.78 is 18.7. The lowest BCUT2D eigenvalue weighted by Crippen LogP contribution is -2.47. The number of carbonyl (C=O) groups is 2. The van der Waals surface area contributed by atoms with E-state index < -0.39 is 17.8 Å². The van der Waals surface area contributed by atoms with Crippen LogP contribution < -0.4 is 15.6 Å². The van der Waals surface area contributed by atoms with Gasteiger partial charge in [-0.25, -0.2) is 4.39 Å². The summed E-state index contributed by atoms with van der Waals surface area (Å²) in [6.07, 6.45) is 0.893. The minimum Gasteiger partial charge on any atom is -0.478 e. The molecule has 7 heteroatoms. The Labute approximate surface area is 143 Å². The lowest BCUT2D eigenvalue weighted by atomic mass is 10.2. The summed E-state index contributed by atoms with van der Waals surface area (Å²) in [5.74, 6) is -1.39. The third kappa shape index (κ3) is 5.66. The van der Waals surface area contributed by atoms with Crippen molar-refractivity contribution in [2.75, 3.05) is 0 Å². The van der Waals surface area contributed by atoms with Gasteiger partial charge in [0.2, 0.25) is 5.91 Å². The van der Waals surface area contributed by atoms with Crippen molar-refractivity contribution in [1.29, 1.82) is 0 Å². The number of rotatable bonds is 7. The van der Waals surface area contributed by atoms with Crippen LogP contribution in [0.3, 0.4) is 0 Å². The van der Waals surface area contributed by atoms with Gasteiger partial charge in [-0.05, 0) is 43.3 Å². The summed E-state index contributed by atoms with van der Waals surface area (Å²) in [5.41, 5.74) is 4.62. The summed E-state index contributed by atoms with van der Waals surface area (Å²) in [4.78, 5) is 24.8. The molecule has 1 aromatic heterocycles. The van der Waals surface area contributed by atoms with Crippen molar-refractivity contribution in [2.24, 2.45) is 0 Å². The standard InChI is InChI=1S/C17H19FN2O3S/c1-12(23-15-9-3-2-8-14(15)18)17(22)20-19-16(21)10-4-6-13-7-5-11-24-13/h2-3,5,7-9,11-12H,4,6,10H2,1H3,(H,19,21)(H,20,22)/t12-/m1/s1. The molecule has 0 fully saturated rings. The van der Waals surface area contributed by atoms with Crippen LogP contribution in [0.1, 0.15) is 24.6 Å². The van der Waals surface area contributed by atoms with Gasteiger partial charge in [-0.1, -0.05) is 18.2 Å². The number of benzene rings is 1. The van der Waals surface area contributed by atoms with Gasteiger partial charge in [-0.2, -0.15) is 0 Å². The maximum atomic E-state index is 13.5. The van der Waals surface area contributed by atoms with Crippen LogP contribution in [0.15, 0.2) is 41.8 Å². The van der Waals surface area contributed by atoms with E-state index in [4.69, 9.17) is 4.74 Å². The summed E-state index contributed by atoms with van der Waals surface area (Å²) in [7, 11) is 0. The summed E-state index contributed by atoms with van der Waals surface area (Å²) >= 11 is 1.65. The highest BCUT2D eigenvalue weighted by Crippen LogP contribution is 2.17. The van der Waals surface area contributed by atoms with Crippen LogP contribution in [0.4, 0.5) is 4.39 Å². The lowest BCUT2D eigenvalue weighted by molar-refractivity contribution is -0.132. The van der Waals surface area contributed by atoms with Crippen LogP contribution in [0.2, 0.25) is 0 Å². The number of hydrazine groups is 1. The SMILES string of the molecule is C[C@@H](Oc1ccccc1F)C(=O)NNC(=O)CCCc1cccs1. The molecule has 0 aliphatic carbocycles. The summed E-state index contributed by atoms with van der Waals surface area (Å²) in [6.45, 7) is 1.48. The predicted octanol–water partition coefficient (Wildman–Crippen LogP) is 2.82. The number of aryl methyl sites for hydroxylation is 1. The highest BCUT2D eigenvalue weighted by atomic mass is 32.1. The zero-order valence-corrected chi connectivity index (χ0v) is 14.1. The van der Waals surface area contributed by atoms with Crippen molar-refractivity contribution in [3.63, 3.8) is 0 Å². The number of halogens is 1. The highest BCUT2D eigenvalue weighted by Gasteiger charge is 2.16. The van der Waals surface area contributed by atoms with Crippen molar-refractivity contribution < 1.29 is 18.7 Å². The zero-order valence-electron chi connectivity index (χ0n) is 13.3. The molecular formula is C17H19FN2O3S. The number of ether oxygens (including phenoxy) is 1. The second-order valence-corrected chi connectivity index (χ2v) is 6.19. The molecule has 2 rings (SSSR count).